The zero-order valence-electron chi connectivity index (χ0n) is 23.8. The van der Waals surface area contributed by atoms with Crippen LogP contribution < -0.4 is 0 Å². The molecule has 228 valence electrons. The zero-order valence-corrected chi connectivity index (χ0v) is 24.6. The Kier molecular flexibility index (Phi) is 7.71. The Labute approximate surface area is 246 Å². The number of hydrogen-bond donors (Lipinski definition) is 1. The molecule has 5 rings (SSSR count). The van der Waals surface area contributed by atoms with E-state index >= 15 is 8.78 Å². The summed E-state index contributed by atoms with van der Waals surface area (Å²) >= 11 is 0.783. The number of esters is 1. The van der Waals surface area contributed by atoms with Gasteiger partial charge in [0.25, 0.3) is 0 Å². The molecule has 1 aromatic rings. The van der Waals surface area contributed by atoms with Gasteiger partial charge in [-0.2, -0.15) is 0 Å². The van der Waals surface area contributed by atoms with Gasteiger partial charge in [-0.3, -0.25) is 9.59 Å². The highest BCUT2D eigenvalue weighted by Gasteiger charge is 2.78. The average Bonchev–Trinajstić information content (AvgIpc) is 3.56. The van der Waals surface area contributed by atoms with E-state index in [-0.39, 0.29) is 43.0 Å². The molecule has 9 nitrogen and oxygen atoms in total. The predicted octanol–water partition coefficient (Wildman–Crippen LogP) is 4.78. The number of carbonyl (C=O) groups is 4. The van der Waals surface area contributed by atoms with Gasteiger partial charge in [-0.1, -0.05) is 31.7 Å². The maximum atomic E-state index is 17.6. The molecule has 42 heavy (non-hydrogen) atoms. The van der Waals surface area contributed by atoms with Crippen molar-refractivity contribution >= 4 is 34.8 Å². The lowest BCUT2D eigenvalue weighted by Crippen LogP contribution is -2.70. The number of furan rings is 1. The zero-order chi connectivity index (χ0) is 30.7. The quantitative estimate of drug-likeness (QED) is 0.356. The van der Waals surface area contributed by atoms with Crippen molar-refractivity contribution < 1.29 is 51.7 Å². The second kappa shape index (κ2) is 10.6. The molecule has 3 saturated carbocycles. The summed E-state index contributed by atoms with van der Waals surface area (Å²) in [4.78, 5) is 51.0. The Bertz CT molecular complexity index is 1340. The lowest BCUT2D eigenvalue weighted by atomic mass is 9.44. The van der Waals surface area contributed by atoms with Crippen LogP contribution in [0.1, 0.15) is 50.6 Å². The Balaban J connectivity index is 1.56. The fourth-order valence-electron chi connectivity index (χ4n) is 8.23. The fourth-order valence-corrected chi connectivity index (χ4v) is 9.28. The summed E-state index contributed by atoms with van der Waals surface area (Å²) in [5.74, 6) is -3.88. The Hall–Kier alpha value is -2.99. The molecule has 0 bridgehead atoms. The number of aliphatic hydroxyl groups is 1. The molecule has 1 heterocycles. The van der Waals surface area contributed by atoms with Gasteiger partial charge < -0.3 is 23.7 Å². The van der Waals surface area contributed by atoms with Gasteiger partial charge in [-0.25, -0.2) is 18.4 Å². The average molecular weight is 609 g/mol. The van der Waals surface area contributed by atoms with Gasteiger partial charge in [0.15, 0.2) is 17.1 Å². The second-order valence-electron chi connectivity index (χ2n) is 12.0. The van der Waals surface area contributed by atoms with Crippen LogP contribution >= 0.6 is 11.8 Å². The largest absolute Gasteiger partial charge is 0.508 e. The topological polar surface area (TPSA) is 129 Å². The number of thioether (sulfide) groups is 1. The molecule has 3 fully saturated rings. The first kappa shape index (κ1) is 30.5. The summed E-state index contributed by atoms with van der Waals surface area (Å²) in [6, 6.07) is 2.88. The molecule has 0 radical (unpaired) electrons. The number of halogens is 2. The van der Waals surface area contributed by atoms with Gasteiger partial charge in [0.2, 0.25) is 10.9 Å². The standard InChI is InChI=1S/C30H34F2O9S/c1-16-12-18-19-14-21(31)20-13-17(33)7-8-27(20,2)29(19,32)23(34)15-28(18,3)30(16,41-24(35)22-6-5-9-39-22)25(36)42-11-10-40-26(37)38-4/h5-9,13,16,18-19,21,23,34H,10-12,14-15H2,1-4H3/t16-,18?,19?,21+,23+,27+,28+,29+,30+/m1/s1. The summed E-state index contributed by atoms with van der Waals surface area (Å²) in [5, 5.41) is 11.1. The van der Waals surface area contributed by atoms with Crippen LogP contribution in [0.4, 0.5) is 13.6 Å². The molecule has 4 aliphatic rings. The van der Waals surface area contributed by atoms with Gasteiger partial charge >= 0.3 is 12.1 Å². The maximum Gasteiger partial charge on any atom is 0.508 e. The first-order chi connectivity index (χ1) is 19.8. The lowest BCUT2D eigenvalue weighted by Gasteiger charge is -2.63. The molecule has 0 aliphatic heterocycles. The number of allylic oxidation sites excluding steroid dienone is 4. The number of fused-ring (bicyclic) bond motifs is 5. The van der Waals surface area contributed by atoms with Crippen LogP contribution in [0.25, 0.3) is 0 Å². The molecule has 2 unspecified atom stereocenters. The van der Waals surface area contributed by atoms with Gasteiger partial charge in [-0.15, -0.1) is 0 Å². The molecule has 0 amide bonds. The lowest BCUT2D eigenvalue weighted by molar-refractivity contribution is -0.221. The number of ketones is 1. The van der Waals surface area contributed by atoms with Crippen molar-refractivity contribution in [3.63, 3.8) is 0 Å². The van der Waals surface area contributed by atoms with E-state index in [4.69, 9.17) is 13.9 Å². The number of carbonyl (C=O) groups excluding carboxylic acids is 4. The Morgan fingerprint density at radius 1 is 1.21 bits per heavy atom. The molecule has 0 aromatic carbocycles. The van der Waals surface area contributed by atoms with Gasteiger partial charge in [0.1, 0.15) is 12.8 Å². The van der Waals surface area contributed by atoms with E-state index in [1.807, 2.05) is 0 Å². The van der Waals surface area contributed by atoms with E-state index in [9.17, 15) is 24.3 Å². The number of methoxy groups -OCH3 is 1. The molecule has 1 N–H and O–H groups in total. The molecular formula is C30H34F2O9S. The highest BCUT2D eigenvalue weighted by molar-refractivity contribution is 8.13. The molecule has 1 aromatic heterocycles. The van der Waals surface area contributed by atoms with Crippen molar-refractivity contribution in [3.05, 3.63) is 48.0 Å². The van der Waals surface area contributed by atoms with E-state index in [0.29, 0.717) is 0 Å². The summed E-state index contributed by atoms with van der Waals surface area (Å²) in [6.45, 7) is 4.73. The van der Waals surface area contributed by atoms with Crippen LogP contribution in [0.2, 0.25) is 0 Å². The minimum absolute atomic E-state index is 0.00445. The molecule has 9 atom stereocenters. The van der Waals surface area contributed by atoms with Crippen LogP contribution in [0, 0.1) is 28.6 Å². The molecule has 12 heteroatoms. The third-order valence-corrected chi connectivity index (χ3v) is 11.1. The number of hydrogen-bond acceptors (Lipinski definition) is 10. The van der Waals surface area contributed by atoms with Crippen LogP contribution in [-0.2, 0) is 23.8 Å². The number of aliphatic hydroxyl groups excluding tert-OH is 1. The van der Waals surface area contributed by atoms with Gasteiger partial charge in [0, 0.05) is 28.4 Å². The third-order valence-electron chi connectivity index (χ3n) is 10.2. The van der Waals surface area contributed by atoms with Gasteiger partial charge in [0.05, 0.1) is 19.5 Å². The van der Waals surface area contributed by atoms with E-state index in [0.717, 1.165) is 24.9 Å². The van der Waals surface area contributed by atoms with Crippen molar-refractivity contribution in [3.8, 4) is 0 Å². The first-order valence-electron chi connectivity index (χ1n) is 13.9. The van der Waals surface area contributed by atoms with Crippen molar-refractivity contribution in [2.75, 3.05) is 19.5 Å². The number of rotatable bonds is 6. The van der Waals surface area contributed by atoms with Crippen LogP contribution in [0.15, 0.2) is 46.6 Å². The van der Waals surface area contributed by atoms with E-state index in [1.54, 1.807) is 13.8 Å². The highest BCUT2D eigenvalue weighted by Crippen LogP contribution is 2.72. The molecule has 0 saturated heterocycles. The van der Waals surface area contributed by atoms with Gasteiger partial charge in [-0.05, 0) is 62.0 Å². The van der Waals surface area contributed by atoms with E-state index in [2.05, 4.69) is 4.74 Å². The summed E-state index contributed by atoms with van der Waals surface area (Å²) in [7, 11) is 1.15. The second-order valence-corrected chi connectivity index (χ2v) is 13.1. The van der Waals surface area contributed by atoms with Crippen LogP contribution in [0.3, 0.4) is 0 Å². The van der Waals surface area contributed by atoms with Crippen molar-refractivity contribution in [1.29, 1.82) is 0 Å². The van der Waals surface area contributed by atoms with Crippen LogP contribution in [0.5, 0.6) is 0 Å². The summed E-state index contributed by atoms with van der Waals surface area (Å²) in [6.07, 6.45) is 0.324. The smallest absolute Gasteiger partial charge is 0.457 e. The Morgan fingerprint density at radius 3 is 2.62 bits per heavy atom. The highest BCUT2D eigenvalue weighted by atomic mass is 32.2. The van der Waals surface area contributed by atoms with E-state index in [1.165, 1.54) is 37.5 Å². The first-order valence-corrected chi connectivity index (χ1v) is 14.9. The minimum Gasteiger partial charge on any atom is -0.457 e. The molecule has 4 aliphatic carbocycles. The molecule has 0 spiro atoms. The summed E-state index contributed by atoms with van der Waals surface area (Å²) < 4.78 is 54.0. The number of alkyl halides is 2. The van der Waals surface area contributed by atoms with Crippen molar-refractivity contribution in [2.24, 2.45) is 28.6 Å². The molecular weight excluding hydrogens is 574 g/mol. The minimum atomic E-state index is -2.35. The number of ether oxygens (including phenoxy) is 3. The SMILES string of the molecule is COC(=O)OCCSC(=O)[C@@]1(OC(=O)c2ccco2)[C@H](C)CC2C3C[C@H](F)C4=CC(=O)C=C[C@]4(C)[C@@]3(F)[C@@H](O)C[C@@]21C. The van der Waals surface area contributed by atoms with E-state index < -0.39 is 75.2 Å². The Morgan fingerprint density at radius 2 is 1.95 bits per heavy atom. The van der Waals surface area contributed by atoms with Crippen LogP contribution in [-0.4, -0.2) is 71.1 Å². The predicted molar refractivity (Wildman–Crippen MR) is 146 cm³/mol. The monoisotopic (exact) mass is 608 g/mol. The summed E-state index contributed by atoms with van der Waals surface area (Å²) in [5.41, 5.74) is -7.12. The third kappa shape index (κ3) is 4.19. The maximum absolute atomic E-state index is 17.6. The van der Waals surface area contributed by atoms with Crippen molar-refractivity contribution in [1.82, 2.24) is 0 Å². The normalized spacial score (nSPS) is 40.3. The fraction of sp³-hybridized carbons (Fsp3) is 0.600. The van der Waals surface area contributed by atoms with Crippen molar-refractivity contribution in [2.45, 2.75) is 63.6 Å².